The number of rotatable bonds is 1. The Morgan fingerprint density at radius 2 is 2.28 bits per heavy atom. The number of benzene rings is 1. The molecule has 1 aliphatic heterocycles. The molecule has 1 aliphatic rings. The third-order valence-electron chi connectivity index (χ3n) is 3.02. The fourth-order valence-corrected chi connectivity index (χ4v) is 2.64. The molecule has 1 fully saturated rings. The van der Waals surface area contributed by atoms with Crippen molar-refractivity contribution in [1.82, 2.24) is 4.90 Å². The highest BCUT2D eigenvalue weighted by Gasteiger charge is 2.44. The summed E-state index contributed by atoms with van der Waals surface area (Å²) < 4.78 is 6.30. The molecule has 1 aromatic rings. The first-order chi connectivity index (χ1) is 8.33. The van der Waals surface area contributed by atoms with Crippen molar-refractivity contribution in [1.29, 1.82) is 0 Å². The molecule has 18 heavy (non-hydrogen) atoms. The summed E-state index contributed by atoms with van der Waals surface area (Å²) in [7, 11) is 0. The molecule has 0 bridgehead atoms. The summed E-state index contributed by atoms with van der Waals surface area (Å²) >= 11 is 9.27. The summed E-state index contributed by atoms with van der Waals surface area (Å²) in [5.41, 5.74) is 0.0436. The molecule has 6 heteroatoms. The van der Waals surface area contributed by atoms with Crippen LogP contribution in [0.25, 0.3) is 0 Å². The summed E-state index contributed by atoms with van der Waals surface area (Å²) in [6, 6.07) is 5.07. The average Bonchev–Trinajstić information content (AvgIpc) is 2.58. The fraction of sp³-hybridized carbons (Fsp3) is 0.417. The van der Waals surface area contributed by atoms with E-state index in [0.717, 1.165) is 10.0 Å². The van der Waals surface area contributed by atoms with Gasteiger partial charge in [0.05, 0.1) is 17.7 Å². The van der Waals surface area contributed by atoms with Gasteiger partial charge in [0.1, 0.15) is 5.72 Å². The molecule has 4 nitrogen and oxygen atoms in total. The van der Waals surface area contributed by atoms with Crippen LogP contribution in [-0.2, 0) is 4.74 Å². The van der Waals surface area contributed by atoms with Crippen LogP contribution in [0.15, 0.2) is 22.7 Å². The maximum Gasteiger partial charge on any atom is 0.410 e. The summed E-state index contributed by atoms with van der Waals surface area (Å²) in [5.74, 6) is 0. The van der Waals surface area contributed by atoms with E-state index in [1.54, 1.807) is 19.9 Å². The summed E-state index contributed by atoms with van der Waals surface area (Å²) in [6.07, 6.45) is -0.992. The molecular weight excluding hydrogens is 321 g/mol. The lowest BCUT2D eigenvalue weighted by Gasteiger charge is -2.31. The van der Waals surface area contributed by atoms with Gasteiger partial charge in [-0.25, -0.2) is 4.79 Å². The second-order valence-electron chi connectivity index (χ2n) is 4.60. The molecule has 0 saturated carbocycles. The Labute approximate surface area is 119 Å². The average molecular weight is 335 g/mol. The first kappa shape index (κ1) is 13.6. The van der Waals surface area contributed by atoms with Crippen molar-refractivity contribution in [3.05, 3.63) is 33.3 Å². The molecule has 1 amide bonds. The molecule has 0 spiro atoms. The highest BCUT2D eigenvalue weighted by Crippen LogP contribution is 2.38. The third kappa shape index (κ3) is 2.35. The number of carboxylic acid groups (broad SMARTS) is 1. The monoisotopic (exact) mass is 333 g/mol. The Morgan fingerprint density at radius 3 is 2.83 bits per heavy atom. The minimum absolute atomic E-state index is 0.314. The van der Waals surface area contributed by atoms with Crippen molar-refractivity contribution in [2.75, 3.05) is 6.61 Å². The van der Waals surface area contributed by atoms with Gasteiger partial charge in [-0.05, 0) is 47.5 Å². The van der Waals surface area contributed by atoms with Crippen molar-refractivity contribution in [3.8, 4) is 0 Å². The van der Waals surface area contributed by atoms with Gasteiger partial charge in [-0.1, -0.05) is 17.7 Å². The number of carbonyl (C=O) groups is 1. The van der Waals surface area contributed by atoms with Crippen LogP contribution in [0, 0.1) is 0 Å². The smallest absolute Gasteiger partial charge is 0.410 e. The van der Waals surface area contributed by atoms with Crippen molar-refractivity contribution in [3.63, 3.8) is 0 Å². The van der Waals surface area contributed by atoms with Gasteiger partial charge in [-0.3, -0.25) is 4.90 Å². The molecule has 2 rings (SSSR count). The molecule has 1 atom stereocenters. The Bertz CT molecular complexity index is 492. The normalized spacial score (nSPS) is 22.2. The second kappa shape index (κ2) is 4.72. The van der Waals surface area contributed by atoms with Crippen molar-refractivity contribution >= 4 is 33.6 Å². The first-order valence-corrected chi connectivity index (χ1v) is 6.61. The van der Waals surface area contributed by atoms with Gasteiger partial charge in [0, 0.05) is 4.47 Å². The van der Waals surface area contributed by atoms with Crippen LogP contribution < -0.4 is 0 Å². The molecule has 1 aromatic carbocycles. The molecule has 1 saturated heterocycles. The van der Waals surface area contributed by atoms with E-state index in [1.165, 1.54) is 4.90 Å². The Hall–Kier alpha value is -0.780. The van der Waals surface area contributed by atoms with Crippen molar-refractivity contribution < 1.29 is 14.6 Å². The largest absolute Gasteiger partial charge is 0.465 e. The predicted octanol–water partition coefficient (Wildman–Crippen LogP) is 3.89. The zero-order valence-corrected chi connectivity index (χ0v) is 12.3. The van der Waals surface area contributed by atoms with Gasteiger partial charge < -0.3 is 9.84 Å². The topological polar surface area (TPSA) is 49.8 Å². The van der Waals surface area contributed by atoms with Crippen LogP contribution in [0.4, 0.5) is 4.79 Å². The lowest BCUT2D eigenvalue weighted by Crippen LogP contribution is -2.44. The summed E-state index contributed by atoms with van der Waals surface area (Å²) in [6.45, 7) is 3.82. The maximum absolute atomic E-state index is 11.4. The Morgan fingerprint density at radius 1 is 1.61 bits per heavy atom. The molecule has 0 radical (unpaired) electrons. The number of hydrogen-bond acceptors (Lipinski definition) is 2. The van der Waals surface area contributed by atoms with Gasteiger partial charge in [-0.2, -0.15) is 0 Å². The lowest BCUT2D eigenvalue weighted by molar-refractivity contribution is -0.0420. The zero-order chi connectivity index (χ0) is 13.5. The van der Waals surface area contributed by atoms with Gasteiger partial charge in [-0.15, -0.1) is 0 Å². The summed E-state index contributed by atoms with van der Waals surface area (Å²) in [4.78, 5) is 12.7. The molecule has 0 aliphatic carbocycles. The number of amides is 1. The number of ether oxygens (including phenoxy) is 1. The van der Waals surface area contributed by atoms with Gasteiger partial charge in [0.15, 0.2) is 0 Å². The lowest BCUT2D eigenvalue weighted by atomic mass is 10.1. The molecular formula is C12H13BrClNO3. The van der Waals surface area contributed by atoms with Crippen molar-refractivity contribution in [2.45, 2.75) is 25.6 Å². The van der Waals surface area contributed by atoms with Gasteiger partial charge in [0.2, 0.25) is 0 Å². The molecule has 1 N–H and O–H groups in total. The van der Waals surface area contributed by atoms with E-state index in [1.807, 2.05) is 12.1 Å². The van der Waals surface area contributed by atoms with E-state index >= 15 is 0 Å². The Balaban J connectivity index is 2.38. The van der Waals surface area contributed by atoms with Crippen LogP contribution in [-0.4, -0.2) is 28.4 Å². The zero-order valence-electron chi connectivity index (χ0n) is 9.98. The molecule has 0 aromatic heterocycles. The maximum atomic E-state index is 11.4. The summed E-state index contributed by atoms with van der Waals surface area (Å²) in [5, 5.41) is 9.91. The third-order valence-corrected chi connectivity index (χ3v) is 4.23. The SMILES string of the molecule is CC1(C)OC[C@H](c2ccc(Cl)c(Br)c2)N1C(=O)O. The van der Waals surface area contributed by atoms with E-state index < -0.39 is 11.8 Å². The van der Waals surface area contributed by atoms with E-state index in [4.69, 9.17) is 16.3 Å². The minimum Gasteiger partial charge on any atom is -0.465 e. The van der Waals surface area contributed by atoms with Gasteiger partial charge >= 0.3 is 6.09 Å². The quantitative estimate of drug-likeness (QED) is 0.847. The Kier molecular flexibility index (Phi) is 3.58. The highest BCUT2D eigenvalue weighted by atomic mass is 79.9. The van der Waals surface area contributed by atoms with Gasteiger partial charge in [0.25, 0.3) is 0 Å². The molecule has 1 heterocycles. The fourth-order valence-electron chi connectivity index (χ4n) is 2.13. The standard InChI is InChI=1S/C12H13BrClNO3/c1-12(2)15(11(16)17)10(6-18-12)7-3-4-9(14)8(13)5-7/h3-5,10H,6H2,1-2H3,(H,16,17)/t10-/m1/s1. The number of hydrogen-bond donors (Lipinski definition) is 1. The van der Waals surface area contributed by atoms with Crippen LogP contribution in [0.3, 0.4) is 0 Å². The van der Waals surface area contributed by atoms with Crippen LogP contribution in [0.5, 0.6) is 0 Å². The van der Waals surface area contributed by atoms with E-state index in [2.05, 4.69) is 15.9 Å². The van der Waals surface area contributed by atoms with Crippen LogP contribution in [0.1, 0.15) is 25.5 Å². The second-order valence-corrected chi connectivity index (χ2v) is 5.86. The van der Waals surface area contributed by atoms with Crippen molar-refractivity contribution in [2.24, 2.45) is 0 Å². The predicted molar refractivity (Wildman–Crippen MR) is 71.8 cm³/mol. The van der Waals surface area contributed by atoms with Crippen LogP contribution >= 0.6 is 27.5 Å². The minimum atomic E-state index is -0.992. The van der Waals surface area contributed by atoms with Crippen LogP contribution in [0.2, 0.25) is 5.02 Å². The molecule has 0 unspecified atom stereocenters. The van der Waals surface area contributed by atoms with E-state index in [9.17, 15) is 9.90 Å². The van der Waals surface area contributed by atoms with E-state index in [0.29, 0.717) is 11.6 Å². The first-order valence-electron chi connectivity index (χ1n) is 5.44. The number of nitrogens with zero attached hydrogens (tertiary/aromatic N) is 1. The highest BCUT2D eigenvalue weighted by molar-refractivity contribution is 9.10. The number of halogens is 2. The van der Waals surface area contributed by atoms with E-state index in [-0.39, 0.29) is 6.04 Å². The molecule has 98 valence electrons.